The molecule has 1 amide bonds. The third kappa shape index (κ3) is 5.94. The number of ether oxygens (including phenoxy) is 3. The Morgan fingerprint density at radius 1 is 1.21 bits per heavy atom. The molecule has 1 aliphatic heterocycles. The predicted octanol–water partition coefficient (Wildman–Crippen LogP) is 2.28. The number of aromatic nitrogens is 2. The fourth-order valence-corrected chi connectivity index (χ4v) is 2.57. The van der Waals surface area contributed by atoms with Gasteiger partial charge in [0.15, 0.2) is 23.9 Å². The van der Waals surface area contributed by atoms with E-state index >= 15 is 0 Å². The van der Waals surface area contributed by atoms with Gasteiger partial charge in [0.05, 0.1) is 0 Å². The van der Waals surface area contributed by atoms with Crippen molar-refractivity contribution in [1.29, 1.82) is 0 Å². The molecule has 1 aromatic carbocycles. The second-order valence-corrected chi connectivity index (χ2v) is 7.74. The van der Waals surface area contributed by atoms with Crippen molar-refractivity contribution in [3.05, 3.63) is 35.5 Å². The molecule has 2 heterocycles. The van der Waals surface area contributed by atoms with E-state index < -0.39 is 5.97 Å². The average molecular weight is 403 g/mol. The number of benzene rings is 1. The van der Waals surface area contributed by atoms with Crippen LogP contribution in [-0.4, -0.2) is 35.4 Å². The van der Waals surface area contributed by atoms with Crippen molar-refractivity contribution < 1.29 is 28.3 Å². The molecule has 0 saturated heterocycles. The van der Waals surface area contributed by atoms with Gasteiger partial charge in [0.2, 0.25) is 12.7 Å². The molecule has 0 spiro atoms. The first-order valence-electron chi connectivity index (χ1n) is 9.45. The quantitative estimate of drug-likeness (QED) is 0.668. The Labute approximate surface area is 168 Å². The van der Waals surface area contributed by atoms with Crippen LogP contribution in [0.4, 0.5) is 0 Å². The maximum atomic E-state index is 11.9. The highest BCUT2D eigenvalue weighted by Gasteiger charge is 2.21. The average Bonchev–Trinajstić information content (AvgIpc) is 3.33. The third-order valence-corrected chi connectivity index (χ3v) is 4.20. The van der Waals surface area contributed by atoms with Gasteiger partial charge in [-0.1, -0.05) is 32.0 Å². The minimum atomic E-state index is -0.446. The summed E-state index contributed by atoms with van der Waals surface area (Å²) in [4.78, 5) is 28.0. The smallest absolute Gasteiger partial charge is 0.306 e. The highest BCUT2D eigenvalue weighted by atomic mass is 16.7. The molecule has 1 N–H and O–H groups in total. The van der Waals surface area contributed by atoms with Crippen molar-refractivity contribution in [3.63, 3.8) is 0 Å². The Kier molecular flexibility index (Phi) is 6.36. The second kappa shape index (κ2) is 8.93. The van der Waals surface area contributed by atoms with Crippen LogP contribution in [0, 0.1) is 0 Å². The molecular formula is C20H25N3O6. The van der Waals surface area contributed by atoms with Crippen LogP contribution in [0.25, 0.3) is 0 Å². The van der Waals surface area contributed by atoms with Gasteiger partial charge in [0.25, 0.3) is 5.91 Å². The Morgan fingerprint density at radius 3 is 2.76 bits per heavy atom. The molecular weight excluding hydrogens is 378 g/mol. The lowest BCUT2D eigenvalue weighted by Gasteiger charge is -2.10. The van der Waals surface area contributed by atoms with Gasteiger partial charge in [0, 0.05) is 24.8 Å². The van der Waals surface area contributed by atoms with Crippen LogP contribution in [-0.2, 0) is 32.7 Å². The van der Waals surface area contributed by atoms with Gasteiger partial charge < -0.3 is 24.1 Å². The highest BCUT2D eigenvalue weighted by molar-refractivity contribution is 5.80. The number of carbonyl (C=O) groups is 2. The SMILES string of the molecule is CC(C)(C)c1noc(CCCC(=O)OCC(=O)NCc2ccc3c(c2)OCO3)n1. The third-order valence-electron chi connectivity index (χ3n) is 4.20. The summed E-state index contributed by atoms with van der Waals surface area (Å²) < 4.78 is 20.7. The van der Waals surface area contributed by atoms with Gasteiger partial charge in [-0.05, 0) is 24.1 Å². The summed E-state index contributed by atoms with van der Waals surface area (Å²) in [6, 6.07) is 5.43. The van der Waals surface area contributed by atoms with Crippen molar-refractivity contribution in [2.24, 2.45) is 0 Å². The molecule has 0 unspecified atom stereocenters. The number of rotatable bonds is 8. The number of esters is 1. The zero-order valence-corrected chi connectivity index (χ0v) is 16.8. The van der Waals surface area contributed by atoms with Gasteiger partial charge in [-0.2, -0.15) is 4.98 Å². The van der Waals surface area contributed by atoms with Crippen molar-refractivity contribution in [1.82, 2.24) is 15.5 Å². The van der Waals surface area contributed by atoms with Gasteiger partial charge in [-0.25, -0.2) is 0 Å². The minimum Gasteiger partial charge on any atom is -0.456 e. The van der Waals surface area contributed by atoms with E-state index in [0.29, 0.717) is 42.6 Å². The van der Waals surface area contributed by atoms with Crippen LogP contribution in [0.15, 0.2) is 22.7 Å². The summed E-state index contributed by atoms with van der Waals surface area (Å²) in [5.41, 5.74) is 0.678. The second-order valence-electron chi connectivity index (χ2n) is 7.74. The number of carbonyl (C=O) groups excluding carboxylic acids is 2. The number of nitrogens with zero attached hydrogens (tertiary/aromatic N) is 2. The zero-order valence-electron chi connectivity index (χ0n) is 16.8. The largest absolute Gasteiger partial charge is 0.456 e. The van der Waals surface area contributed by atoms with Crippen LogP contribution in [0.3, 0.4) is 0 Å². The van der Waals surface area contributed by atoms with E-state index in [0.717, 1.165) is 5.56 Å². The molecule has 0 saturated carbocycles. The molecule has 9 nitrogen and oxygen atoms in total. The number of nitrogens with one attached hydrogen (secondary N) is 1. The van der Waals surface area contributed by atoms with Crippen molar-refractivity contribution >= 4 is 11.9 Å². The first-order valence-corrected chi connectivity index (χ1v) is 9.45. The summed E-state index contributed by atoms with van der Waals surface area (Å²) >= 11 is 0. The Hall–Kier alpha value is -3.10. The van der Waals surface area contributed by atoms with E-state index in [1.54, 1.807) is 12.1 Å². The summed E-state index contributed by atoms with van der Waals surface area (Å²) in [7, 11) is 0. The lowest BCUT2D eigenvalue weighted by Crippen LogP contribution is -2.28. The van der Waals surface area contributed by atoms with E-state index in [-0.39, 0.29) is 31.1 Å². The molecule has 0 fully saturated rings. The molecule has 3 rings (SSSR count). The van der Waals surface area contributed by atoms with Crippen LogP contribution in [0.5, 0.6) is 11.5 Å². The standard InChI is InChI=1S/C20H25N3O6/c1-20(2,3)19-22-17(29-23-19)5-4-6-18(25)26-11-16(24)21-10-13-7-8-14-15(9-13)28-12-27-14/h7-9H,4-6,10-12H2,1-3H3,(H,21,24). The molecule has 0 bridgehead atoms. The van der Waals surface area contributed by atoms with E-state index in [2.05, 4.69) is 15.5 Å². The first kappa shape index (κ1) is 20.6. The number of hydrogen-bond donors (Lipinski definition) is 1. The summed E-state index contributed by atoms with van der Waals surface area (Å²) in [6.07, 6.45) is 1.15. The topological polar surface area (TPSA) is 113 Å². The van der Waals surface area contributed by atoms with Crippen molar-refractivity contribution in [2.45, 2.75) is 52.0 Å². The molecule has 1 aliphatic rings. The normalized spacial score (nSPS) is 12.7. The van der Waals surface area contributed by atoms with Gasteiger partial charge in [-0.15, -0.1) is 0 Å². The van der Waals surface area contributed by atoms with Gasteiger partial charge >= 0.3 is 5.97 Å². The Bertz CT molecular complexity index is 871. The first-order chi connectivity index (χ1) is 13.8. The number of fused-ring (bicyclic) bond motifs is 1. The monoisotopic (exact) mass is 403 g/mol. The van der Waals surface area contributed by atoms with Crippen LogP contribution in [0.1, 0.15) is 50.9 Å². The molecule has 0 atom stereocenters. The Balaban J connectivity index is 1.32. The highest BCUT2D eigenvalue weighted by Crippen LogP contribution is 2.32. The summed E-state index contributed by atoms with van der Waals surface area (Å²) in [5, 5.41) is 6.64. The van der Waals surface area contributed by atoms with Crippen LogP contribution >= 0.6 is 0 Å². The van der Waals surface area contributed by atoms with Crippen molar-refractivity contribution in [2.75, 3.05) is 13.4 Å². The fourth-order valence-electron chi connectivity index (χ4n) is 2.57. The molecule has 1 aromatic heterocycles. The van der Waals surface area contributed by atoms with Crippen LogP contribution < -0.4 is 14.8 Å². The van der Waals surface area contributed by atoms with E-state index in [1.165, 1.54) is 0 Å². The van der Waals surface area contributed by atoms with Crippen molar-refractivity contribution in [3.8, 4) is 11.5 Å². The zero-order chi connectivity index (χ0) is 20.9. The fraction of sp³-hybridized carbons (Fsp3) is 0.500. The molecule has 2 aromatic rings. The minimum absolute atomic E-state index is 0.169. The number of amides is 1. The van der Waals surface area contributed by atoms with Gasteiger partial charge in [0.1, 0.15) is 0 Å². The lowest BCUT2D eigenvalue weighted by molar-refractivity contribution is -0.148. The van der Waals surface area contributed by atoms with E-state index in [1.807, 2.05) is 26.8 Å². The number of aryl methyl sites for hydroxylation is 1. The molecule has 0 radical (unpaired) electrons. The van der Waals surface area contributed by atoms with E-state index in [4.69, 9.17) is 18.7 Å². The maximum Gasteiger partial charge on any atom is 0.306 e. The van der Waals surface area contributed by atoms with Gasteiger partial charge in [-0.3, -0.25) is 9.59 Å². The molecule has 9 heteroatoms. The van der Waals surface area contributed by atoms with E-state index in [9.17, 15) is 9.59 Å². The Morgan fingerprint density at radius 2 is 2.00 bits per heavy atom. The predicted molar refractivity (Wildman–Crippen MR) is 101 cm³/mol. The molecule has 156 valence electrons. The molecule has 29 heavy (non-hydrogen) atoms. The number of hydrogen-bond acceptors (Lipinski definition) is 8. The van der Waals surface area contributed by atoms with Crippen LogP contribution in [0.2, 0.25) is 0 Å². The summed E-state index contributed by atoms with van der Waals surface area (Å²) in [6.45, 7) is 6.17. The summed E-state index contributed by atoms with van der Waals surface area (Å²) in [5.74, 6) is 1.64. The molecule has 0 aliphatic carbocycles. The maximum absolute atomic E-state index is 11.9. The lowest BCUT2D eigenvalue weighted by atomic mass is 9.96.